The number of rotatable bonds is 6. The first-order valence-electron chi connectivity index (χ1n) is 7.01. The molecule has 3 nitrogen and oxygen atoms in total. The molecule has 2 N–H and O–H groups in total. The Morgan fingerprint density at radius 1 is 1.59 bits per heavy atom. The van der Waals surface area contributed by atoms with Gasteiger partial charge in [-0.2, -0.15) is 0 Å². The quantitative estimate of drug-likeness (QED) is 0.751. The van der Waals surface area contributed by atoms with Gasteiger partial charge in [0.25, 0.3) is 0 Å². The van der Waals surface area contributed by atoms with E-state index in [0.717, 1.165) is 25.7 Å². The number of hydrogen-bond donors (Lipinski definition) is 2. The minimum absolute atomic E-state index is 0.302. The van der Waals surface area contributed by atoms with E-state index < -0.39 is 11.5 Å². The third-order valence-corrected chi connectivity index (χ3v) is 3.92. The van der Waals surface area contributed by atoms with Crippen molar-refractivity contribution in [1.29, 1.82) is 0 Å². The van der Waals surface area contributed by atoms with Gasteiger partial charge in [0.2, 0.25) is 0 Å². The Balaban J connectivity index is 2.61. The van der Waals surface area contributed by atoms with Crippen molar-refractivity contribution in [3.8, 4) is 0 Å². The lowest BCUT2D eigenvalue weighted by atomic mass is 9.76. The van der Waals surface area contributed by atoms with Crippen LogP contribution in [0.3, 0.4) is 0 Å². The Labute approximate surface area is 105 Å². The highest BCUT2D eigenvalue weighted by Gasteiger charge is 2.42. The van der Waals surface area contributed by atoms with Crippen LogP contribution in [0.2, 0.25) is 0 Å². The zero-order chi connectivity index (χ0) is 12.9. The second-order valence-electron chi connectivity index (χ2n) is 5.78. The highest BCUT2D eigenvalue weighted by Crippen LogP contribution is 2.33. The lowest BCUT2D eigenvalue weighted by Gasteiger charge is -2.39. The average molecular weight is 241 g/mol. The van der Waals surface area contributed by atoms with Gasteiger partial charge in [0.05, 0.1) is 0 Å². The van der Waals surface area contributed by atoms with E-state index in [1.165, 1.54) is 19.3 Å². The predicted molar refractivity (Wildman–Crippen MR) is 70.1 cm³/mol. The van der Waals surface area contributed by atoms with Crippen molar-refractivity contribution in [1.82, 2.24) is 5.32 Å². The molecule has 0 bridgehead atoms. The molecule has 0 saturated heterocycles. The fraction of sp³-hybridized carbons (Fsp3) is 0.929. The maximum Gasteiger partial charge on any atom is 0.323 e. The predicted octanol–water partition coefficient (Wildman–Crippen LogP) is 3.19. The van der Waals surface area contributed by atoms with Crippen LogP contribution in [0.1, 0.15) is 65.7 Å². The molecule has 1 aliphatic rings. The monoisotopic (exact) mass is 241 g/mol. The number of aliphatic carboxylic acids is 1. The van der Waals surface area contributed by atoms with Gasteiger partial charge in [-0.25, -0.2) is 0 Å². The van der Waals surface area contributed by atoms with Gasteiger partial charge in [-0.15, -0.1) is 0 Å². The Hall–Kier alpha value is -0.570. The molecule has 1 rings (SSSR count). The smallest absolute Gasteiger partial charge is 0.323 e. The molecular formula is C14H27NO2. The van der Waals surface area contributed by atoms with E-state index in [2.05, 4.69) is 26.1 Å². The molecule has 1 fully saturated rings. The van der Waals surface area contributed by atoms with Gasteiger partial charge in [-0.3, -0.25) is 10.1 Å². The third kappa shape index (κ3) is 3.98. The van der Waals surface area contributed by atoms with Gasteiger partial charge in [-0.1, -0.05) is 39.5 Å². The van der Waals surface area contributed by atoms with Crippen molar-refractivity contribution in [2.45, 2.75) is 77.3 Å². The minimum Gasteiger partial charge on any atom is -0.480 e. The highest BCUT2D eigenvalue weighted by molar-refractivity contribution is 5.79. The summed E-state index contributed by atoms with van der Waals surface area (Å²) < 4.78 is 0. The number of carbonyl (C=O) groups is 1. The molecule has 0 amide bonds. The van der Waals surface area contributed by atoms with Gasteiger partial charge in [-0.05, 0) is 32.1 Å². The van der Waals surface area contributed by atoms with Crippen molar-refractivity contribution in [3.05, 3.63) is 0 Å². The third-order valence-electron chi connectivity index (χ3n) is 3.92. The number of unbranched alkanes of at least 4 members (excludes halogenated alkanes) is 1. The van der Waals surface area contributed by atoms with Crippen LogP contribution in [0.25, 0.3) is 0 Å². The summed E-state index contributed by atoms with van der Waals surface area (Å²) in [6, 6.07) is 0.302. The largest absolute Gasteiger partial charge is 0.480 e. The highest BCUT2D eigenvalue weighted by atomic mass is 16.4. The minimum atomic E-state index is -0.662. The van der Waals surface area contributed by atoms with Gasteiger partial charge < -0.3 is 5.11 Å². The van der Waals surface area contributed by atoms with E-state index >= 15 is 0 Å². The molecule has 0 spiro atoms. The first-order chi connectivity index (χ1) is 8.00. The first kappa shape index (κ1) is 14.5. The molecule has 100 valence electrons. The number of carboxylic acids is 1. The standard InChI is InChI=1S/C14H27NO2/c1-4-5-8-12(3)15-14(13(16)17)9-6-7-11(2)10-14/h11-12,15H,4-10H2,1-3H3,(H,16,17). The number of carboxylic acid groups (broad SMARTS) is 1. The van der Waals surface area contributed by atoms with Crippen molar-refractivity contribution >= 4 is 5.97 Å². The molecule has 1 aliphatic carbocycles. The normalized spacial score (nSPS) is 31.1. The second-order valence-corrected chi connectivity index (χ2v) is 5.78. The van der Waals surface area contributed by atoms with Crippen LogP contribution < -0.4 is 5.32 Å². The molecule has 0 radical (unpaired) electrons. The molecule has 0 aromatic heterocycles. The molecule has 3 heteroatoms. The molecule has 0 aliphatic heterocycles. The van der Waals surface area contributed by atoms with Crippen molar-refractivity contribution in [2.24, 2.45) is 5.92 Å². The van der Waals surface area contributed by atoms with E-state index in [1.807, 2.05) is 0 Å². The van der Waals surface area contributed by atoms with E-state index in [0.29, 0.717) is 12.0 Å². The van der Waals surface area contributed by atoms with Gasteiger partial charge in [0, 0.05) is 6.04 Å². The molecule has 0 heterocycles. The molecule has 0 aromatic carbocycles. The van der Waals surface area contributed by atoms with Crippen molar-refractivity contribution in [3.63, 3.8) is 0 Å². The SMILES string of the molecule is CCCCC(C)NC1(C(=O)O)CCCC(C)C1. The number of nitrogens with one attached hydrogen (secondary N) is 1. The maximum absolute atomic E-state index is 11.6. The molecule has 17 heavy (non-hydrogen) atoms. The average Bonchev–Trinajstić information content (AvgIpc) is 2.26. The Morgan fingerprint density at radius 2 is 2.29 bits per heavy atom. The molecular weight excluding hydrogens is 214 g/mol. The maximum atomic E-state index is 11.6. The van der Waals surface area contributed by atoms with Crippen molar-refractivity contribution in [2.75, 3.05) is 0 Å². The van der Waals surface area contributed by atoms with Crippen LogP contribution in [-0.4, -0.2) is 22.7 Å². The van der Waals surface area contributed by atoms with Crippen molar-refractivity contribution < 1.29 is 9.90 Å². The lowest BCUT2D eigenvalue weighted by molar-refractivity contribution is -0.147. The van der Waals surface area contributed by atoms with Crippen LogP contribution in [-0.2, 0) is 4.79 Å². The molecule has 1 saturated carbocycles. The summed E-state index contributed by atoms with van der Waals surface area (Å²) in [7, 11) is 0. The van der Waals surface area contributed by atoms with Crippen LogP contribution in [0.4, 0.5) is 0 Å². The topological polar surface area (TPSA) is 49.3 Å². The van der Waals surface area contributed by atoms with Gasteiger partial charge in [0.15, 0.2) is 0 Å². The van der Waals surface area contributed by atoms with Crippen LogP contribution in [0.15, 0.2) is 0 Å². The summed E-state index contributed by atoms with van der Waals surface area (Å²) >= 11 is 0. The zero-order valence-electron chi connectivity index (χ0n) is 11.5. The van der Waals surface area contributed by atoms with Crippen LogP contribution in [0, 0.1) is 5.92 Å². The molecule has 0 aromatic rings. The molecule has 3 unspecified atom stereocenters. The summed E-state index contributed by atoms with van der Waals surface area (Å²) in [5.74, 6) is -0.141. The summed E-state index contributed by atoms with van der Waals surface area (Å²) in [6.45, 7) is 6.44. The Kier molecular flexibility index (Phi) is 5.44. The Bertz CT molecular complexity index is 255. The van der Waals surface area contributed by atoms with Crippen LogP contribution in [0.5, 0.6) is 0 Å². The summed E-state index contributed by atoms with van der Waals surface area (Å²) in [4.78, 5) is 11.6. The summed E-state index contributed by atoms with van der Waals surface area (Å²) in [5, 5.41) is 12.9. The van der Waals surface area contributed by atoms with E-state index in [-0.39, 0.29) is 0 Å². The zero-order valence-corrected chi connectivity index (χ0v) is 11.5. The lowest BCUT2D eigenvalue weighted by Crippen LogP contribution is -2.57. The summed E-state index contributed by atoms with van der Waals surface area (Å²) in [6.07, 6.45) is 7.16. The van der Waals surface area contributed by atoms with Crippen LogP contribution >= 0.6 is 0 Å². The van der Waals surface area contributed by atoms with E-state index in [9.17, 15) is 9.90 Å². The van der Waals surface area contributed by atoms with E-state index in [1.54, 1.807) is 0 Å². The summed E-state index contributed by atoms with van der Waals surface area (Å²) in [5.41, 5.74) is -0.662. The second kappa shape index (κ2) is 6.39. The fourth-order valence-corrected chi connectivity index (χ4v) is 2.99. The van der Waals surface area contributed by atoms with E-state index in [4.69, 9.17) is 0 Å². The van der Waals surface area contributed by atoms with Gasteiger partial charge in [0.1, 0.15) is 5.54 Å². The first-order valence-corrected chi connectivity index (χ1v) is 7.01. The molecule has 3 atom stereocenters. The fourth-order valence-electron chi connectivity index (χ4n) is 2.99. The Morgan fingerprint density at radius 3 is 2.82 bits per heavy atom. The number of hydrogen-bond acceptors (Lipinski definition) is 2. The van der Waals surface area contributed by atoms with Gasteiger partial charge >= 0.3 is 5.97 Å².